The van der Waals surface area contributed by atoms with Crippen molar-refractivity contribution in [3.63, 3.8) is 0 Å². The monoisotopic (exact) mass is 250 g/mol. The molecule has 0 amide bonds. The second-order valence-electron chi connectivity index (χ2n) is 4.11. The zero-order chi connectivity index (χ0) is 13.3. The third kappa shape index (κ3) is 2.40. The van der Waals surface area contributed by atoms with E-state index in [2.05, 4.69) is 0 Å². The number of nitrogens with two attached hydrogens (primary N) is 1. The van der Waals surface area contributed by atoms with Gasteiger partial charge in [0, 0.05) is 17.8 Å². The van der Waals surface area contributed by atoms with Crippen molar-refractivity contribution in [2.24, 2.45) is 0 Å². The van der Waals surface area contributed by atoms with Gasteiger partial charge in [-0.15, -0.1) is 0 Å². The number of aryl methyl sites for hydroxylation is 1. The number of nitrogens with zero attached hydrogens (tertiary/aromatic N) is 1. The van der Waals surface area contributed by atoms with Crippen molar-refractivity contribution in [2.75, 3.05) is 5.73 Å². The minimum absolute atomic E-state index is 0.0487. The average molecular weight is 250 g/mol. The lowest BCUT2D eigenvalue weighted by atomic mass is 10.2. The van der Waals surface area contributed by atoms with Crippen molar-refractivity contribution < 1.29 is 8.78 Å². The number of hydrogen-bond acceptors (Lipinski definition) is 2. The van der Waals surface area contributed by atoms with Gasteiger partial charge in [0.15, 0.2) is 0 Å². The molecule has 1 heterocycles. The van der Waals surface area contributed by atoms with E-state index < -0.39 is 11.6 Å². The molecule has 2 N–H and O–H groups in total. The van der Waals surface area contributed by atoms with E-state index in [0.717, 1.165) is 18.2 Å². The molecule has 0 saturated carbocycles. The summed E-state index contributed by atoms with van der Waals surface area (Å²) in [7, 11) is 0. The lowest BCUT2D eigenvalue weighted by Gasteiger charge is -2.09. The number of benzene rings is 1. The van der Waals surface area contributed by atoms with Crippen LogP contribution in [0.3, 0.4) is 0 Å². The van der Waals surface area contributed by atoms with Gasteiger partial charge in [0.05, 0.1) is 12.2 Å². The first-order valence-electron chi connectivity index (χ1n) is 5.38. The molecule has 0 saturated heterocycles. The molecule has 0 spiro atoms. The number of aromatic nitrogens is 1. The van der Waals surface area contributed by atoms with Crippen LogP contribution >= 0.6 is 0 Å². The minimum atomic E-state index is -0.553. The van der Waals surface area contributed by atoms with Crippen LogP contribution < -0.4 is 11.3 Å². The van der Waals surface area contributed by atoms with E-state index in [9.17, 15) is 13.6 Å². The van der Waals surface area contributed by atoms with E-state index in [4.69, 9.17) is 5.73 Å². The molecule has 18 heavy (non-hydrogen) atoms. The molecule has 0 aliphatic carbocycles. The van der Waals surface area contributed by atoms with Crippen molar-refractivity contribution in [1.82, 2.24) is 4.57 Å². The molecule has 5 heteroatoms. The topological polar surface area (TPSA) is 48.0 Å². The molecule has 94 valence electrons. The highest BCUT2D eigenvalue weighted by atomic mass is 19.1. The lowest BCUT2D eigenvalue weighted by molar-refractivity contribution is 0.574. The number of pyridine rings is 1. The van der Waals surface area contributed by atoms with Crippen molar-refractivity contribution in [1.29, 1.82) is 0 Å². The fourth-order valence-corrected chi connectivity index (χ4v) is 1.66. The quantitative estimate of drug-likeness (QED) is 0.886. The Bertz CT molecular complexity index is 650. The summed E-state index contributed by atoms with van der Waals surface area (Å²) in [5.41, 5.74) is 6.59. The van der Waals surface area contributed by atoms with Crippen LogP contribution in [0.1, 0.15) is 11.1 Å². The smallest absolute Gasteiger partial charge is 0.251 e. The Morgan fingerprint density at radius 1 is 1.28 bits per heavy atom. The van der Waals surface area contributed by atoms with Gasteiger partial charge in [-0.1, -0.05) is 0 Å². The zero-order valence-electron chi connectivity index (χ0n) is 9.78. The normalized spacial score (nSPS) is 10.6. The van der Waals surface area contributed by atoms with Gasteiger partial charge in [-0.25, -0.2) is 8.78 Å². The Kier molecular flexibility index (Phi) is 3.14. The van der Waals surface area contributed by atoms with Crippen molar-refractivity contribution in [3.05, 3.63) is 63.6 Å². The third-order valence-electron chi connectivity index (χ3n) is 2.72. The van der Waals surface area contributed by atoms with Gasteiger partial charge in [0.2, 0.25) is 0 Å². The predicted octanol–water partition coefficient (Wildman–Crippen LogP) is 2.07. The van der Waals surface area contributed by atoms with Crippen LogP contribution in [0.4, 0.5) is 14.5 Å². The van der Waals surface area contributed by atoms with Crippen LogP contribution in [0.25, 0.3) is 0 Å². The second-order valence-corrected chi connectivity index (χ2v) is 4.11. The molecule has 0 aliphatic rings. The highest BCUT2D eigenvalue weighted by Gasteiger charge is 2.07. The van der Waals surface area contributed by atoms with Gasteiger partial charge in [-0.2, -0.15) is 0 Å². The molecule has 3 nitrogen and oxygen atoms in total. The van der Waals surface area contributed by atoms with E-state index in [1.54, 1.807) is 6.92 Å². The summed E-state index contributed by atoms with van der Waals surface area (Å²) in [6.07, 6.45) is 1.43. The summed E-state index contributed by atoms with van der Waals surface area (Å²) < 4.78 is 27.7. The molecule has 0 bridgehead atoms. The standard InChI is InChI=1S/C13H12F2N2O/c1-8-4-13(18)17(7-12(8)16)6-9-5-10(14)2-3-11(9)15/h2-5,7H,6,16H2,1H3. The summed E-state index contributed by atoms with van der Waals surface area (Å²) in [6, 6.07) is 4.50. The largest absolute Gasteiger partial charge is 0.397 e. The van der Waals surface area contributed by atoms with Crippen LogP contribution in [0.5, 0.6) is 0 Å². The van der Waals surface area contributed by atoms with Gasteiger partial charge in [-0.05, 0) is 30.7 Å². The summed E-state index contributed by atoms with van der Waals surface area (Å²) >= 11 is 0. The Hall–Kier alpha value is -2.17. The van der Waals surface area contributed by atoms with Gasteiger partial charge in [0.25, 0.3) is 5.56 Å². The van der Waals surface area contributed by atoms with Gasteiger partial charge in [-0.3, -0.25) is 4.79 Å². The van der Waals surface area contributed by atoms with E-state index in [1.165, 1.54) is 16.8 Å². The lowest BCUT2D eigenvalue weighted by Crippen LogP contribution is -2.21. The first kappa shape index (κ1) is 12.3. The maximum Gasteiger partial charge on any atom is 0.251 e. The summed E-state index contributed by atoms with van der Waals surface area (Å²) in [6.45, 7) is 1.66. The average Bonchev–Trinajstić information content (AvgIpc) is 2.30. The molecule has 2 aromatic rings. The van der Waals surface area contributed by atoms with E-state index in [0.29, 0.717) is 11.3 Å². The number of rotatable bonds is 2. The molecular formula is C13H12F2N2O. The van der Waals surface area contributed by atoms with Crippen LogP contribution in [0, 0.1) is 18.6 Å². The van der Waals surface area contributed by atoms with E-state index in [-0.39, 0.29) is 17.7 Å². The van der Waals surface area contributed by atoms with Gasteiger partial charge in [0.1, 0.15) is 11.6 Å². The molecular weight excluding hydrogens is 238 g/mol. The Morgan fingerprint density at radius 2 is 2.00 bits per heavy atom. The van der Waals surface area contributed by atoms with Crippen molar-refractivity contribution in [2.45, 2.75) is 13.5 Å². The Labute approximate surface area is 102 Å². The van der Waals surface area contributed by atoms with Crippen LogP contribution in [0.2, 0.25) is 0 Å². The Balaban J connectivity index is 2.43. The predicted molar refractivity (Wildman–Crippen MR) is 65.3 cm³/mol. The fraction of sp³-hybridized carbons (Fsp3) is 0.154. The zero-order valence-corrected chi connectivity index (χ0v) is 9.78. The molecule has 2 rings (SSSR count). The number of nitrogen functional groups attached to an aromatic ring is 1. The maximum absolute atomic E-state index is 13.5. The molecule has 1 aromatic heterocycles. The van der Waals surface area contributed by atoms with Crippen LogP contribution in [-0.4, -0.2) is 4.57 Å². The van der Waals surface area contributed by atoms with E-state index >= 15 is 0 Å². The van der Waals surface area contributed by atoms with Crippen molar-refractivity contribution in [3.8, 4) is 0 Å². The van der Waals surface area contributed by atoms with Crippen molar-refractivity contribution >= 4 is 5.69 Å². The molecule has 0 fully saturated rings. The fourth-order valence-electron chi connectivity index (χ4n) is 1.66. The number of halogens is 2. The first-order chi connectivity index (χ1) is 8.47. The molecule has 1 aromatic carbocycles. The molecule has 0 unspecified atom stereocenters. The van der Waals surface area contributed by atoms with Gasteiger partial charge >= 0.3 is 0 Å². The summed E-state index contributed by atoms with van der Waals surface area (Å²) in [5, 5.41) is 0. The number of anilines is 1. The first-order valence-corrected chi connectivity index (χ1v) is 5.38. The highest BCUT2D eigenvalue weighted by Crippen LogP contribution is 2.12. The van der Waals surface area contributed by atoms with Crippen LogP contribution in [0.15, 0.2) is 35.3 Å². The minimum Gasteiger partial charge on any atom is -0.397 e. The third-order valence-corrected chi connectivity index (χ3v) is 2.72. The molecule has 0 radical (unpaired) electrons. The van der Waals surface area contributed by atoms with E-state index in [1.807, 2.05) is 0 Å². The SMILES string of the molecule is Cc1cc(=O)n(Cc2cc(F)ccc2F)cc1N. The summed E-state index contributed by atoms with van der Waals surface area (Å²) in [5.74, 6) is -1.10. The Morgan fingerprint density at radius 3 is 2.72 bits per heavy atom. The molecule has 0 atom stereocenters. The van der Waals surface area contributed by atoms with Gasteiger partial charge < -0.3 is 10.3 Å². The maximum atomic E-state index is 13.5. The summed E-state index contributed by atoms with van der Waals surface area (Å²) in [4.78, 5) is 11.7. The highest BCUT2D eigenvalue weighted by molar-refractivity contribution is 5.43. The second kappa shape index (κ2) is 4.60. The molecule has 0 aliphatic heterocycles. The number of hydrogen-bond donors (Lipinski definition) is 1. The van der Waals surface area contributed by atoms with Crippen LogP contribution in [-0.2, 0) is 6.54 Å².